The first kappa shape index (κ1) is 15.1. The predicted octanol–water partition coefficient (Wildman–Crippen LogP) is 3.34. The molecule has 2 N–H and O–H groups in total. The van der Waals surface area contributed by atoms with Crippen LogP contribution in [-0.4, -0.2) is 18.4 Å². The molecule has 4 nitrogen and oxygen atoms in total. The number of hydrogen-bond donors (Lipinski definition) is 2. The van der Waals surface area contributed by atoms with Crippen molar-refractivity contribution in [2.24, 2.45) is 0 Å². The quantitative estimate of drug-likeness (QED) is 0.910. The Labute approximate surface area is 128 Å². The maximum Gasteiger partial charge on any atom is 0.257 e. The molecule has 2 aromatic carbocycles. The molecule has 0 unspecified atom stereocenters. The zero-order valence-electron chi connectivity index (χ0n) is 11.5. The molecule has 0 atom stereocenters. The molecule has 0 saturated heterocycles. The highest BCUT2D eigenvalue weighted by atomic mass is 35.5. The normalized spacial score (nSPS) is 10.0. The molecule has 0 aliphatic rings. The molecule has 2 amide bonds. The van der Waals surface area contributed by atoms with Gasteiger partial charge in [-0.1, -0.05) is 29.8 Å². The lowest BCUT2D eigenvalue weighted by atomic mass is 10.1. The van der Waals surface area contributed by atoms with Crippen LogP contribution < -0.4 is 10.6 Å². The monoisotopic (exact) mass is 302 g/mol. The van der Waals surface area contributed by atoms with E-state index in [0.29, 0.717) is 28.4 Å². The minimum Gasteiger partial charge on any atom is -0.352 e. The molecule has 2 rings (SSSR count). The van der Waals surface area contributed by atoms with Gasteiger partial charge in [-0.25, -0.2) is 0 Å². The molecular weight excluding hydrogens is 288 g/mol. The highest BCUT2D eigenvalue weighted by Gasteiger charge is 2.11. The Kier molecular flexibility index (Phi) is 4.95. The Bertz CT molecular complexity index is 671. The number of rotatable bonds is 4. The third kappa shape index (κ3) is 3.83. The summed E-state index contributed by atoms with van der Waals surface area (Å²) in [5.41, 5.74) is 1.43. The van der Waals surface area contributed by atoms with Crippen LogP contribution in [0.3, 0.4) is 0 Å². The summed E-state index contributed by atoms with van der Waals surface area (Å²) < 4.78 is 0. The van der Waals surface area contributed by atoms with E-state index in [1.165, 1.54) is 0 Å². The molecule has 108 valence electrons. The summed E-state index contributed by atoms with van der Waals surface area (Å²) in [6, 6.07) is 13.5. The number of hydrogen-bond acceptors (Lipinski definition) is 2. The van der Waals surface area contributed by atoms with E-state index >= 15 is 0 Å². The van der Waals surface area contributed by atoms with Gasteiger partial charge in [0.15, 0.2) is 0 Å². The highest BCUT2D eigenvalue weighted by molar-refractivity contribution is 6.34. The first-order valence-electron chi connectivity index (χ1n) is 6.56. The van der Waals surface area contributed by atoms with Crippen molar-refractivity contribution in [3.63, 3.8) is 0 Å². The number of benzene rings is 2. The van der Waals surface area contributed by atoms with E-state index in [1.54, 1.807) is 48.5 Å². The zero-order valence-corrected chi connectivity index (χ0v) is 12.3. The fourth-order valence-electron chi connectivity index (χ4n) is 1.84. The lowest BCUT2D eigenvalue weighted by Gasteiger charge is -2.08. The van der Waals surface area contributed by atoms with Crippen molar-refractivity contribution in [3.05, 3.63) is 64.7 Å². The van der Waals surface area contributed by atoms with Gasteiger partial charge in [0, 0.05) is 17.8 Å². The average Bonchev–Trinajstić information content (AvgIpc) is 2.48. The van der Waals surface area contributed by atoms with Gasteiger partial charge in [0.05, 0.1) is 10.6 Å². The van der Waals surface area contributed by atoms with Gasteiger partial charge in [-0.2, -0.15) is 0 Å². The van der Waals surface area contributed by atoms with Crippen molar-refractivity contribution in [2.45, 2.75) is 6.92 Å². The lowest BCUT2D eigenvalue weighted by Crippen LogP contribution is -2.22. The number of carbonyl (C=O) groups is 2. The largest absolute Gasteiger partial charge is 0.352 e. The summed E-state index contributed by atoms with van der Waals surface area (Å²) in [5.74, 6) is -0.486. The van der Waals surface area contributed by atoms with E-state index in [-0.39, 0.29) is 11.8 Å². The van der Waals surface area contributed by atoms with Crippen LogP contribution in [0, 0.1) is 0 Å². The third-order valence-corrected chi connectivity index (χ3v) is 3.17. The third-order valence-electron chi connectivity index (χ3n) is 2.84. The Morgan fingerprint density at radius 3 is 2.52 bits per heavy atom. The van der Waals surface area contributed by atoms with Gasteiger partial charge >= 0.3 is 0 Å². The fraction of sp³-hybridized carbons (Fsp3) is 0.125. The Hall–Kier alpha value is -2.33. The predicted molar refractivity (Wildman–Crippen MR) is 83.9 cm³/mol. The highest BCUT2D eigenvalue weighted by Crippen LogP contribution is 2.17. The van der Waals surface area contributed by atoms with Gasteiger partial charge < -0.3 is 10.6 Å². The summed E-state index contributed by atoms with van der Waals surface area (Å²) in [5, 5.41) is 5.83. The minimum absolute atomic E-state index is 0.175. The summed E-state index contributed by atoms with van der Waals surface area (Å²) in [7, 11) is 0. The van der Waals surface area contributed by atoms with E-state index < -0.39 is 0 Å². The average molecular weight is 303 g/mol. The van der Waals surface area contributed by atoms with E-state index in [9.17, 15) is 9.59 Å². The number of amides is 2. The molecule has 0 spiro atoms. The topological polar surface area (TPSA) is 58.2 Å². The van der Waals surface area contributed by atoms with E-state index in [2.05, 4.69) is 10.6 Å². The van der Waals surface area contributed by atoms with Crippen LogP contribution in [0.25, 0.3) is 0 Å². The van der Waals surface area contributed by atoms with Crippen molar-refractivity contribution in [1.29, 1.82) is 0 Å². The Morgan fingerprint density at radius 2 is 1.81 bits per heavy atom. The van der Waals surface area contributed by atoms with Crippen molar-refractivity contribution in [1.82, 2.24) is 5.32 Å². The van der Waals surface area contributed by atoms with E-state index in [4.69, 9.17) is 11.6 Å². The SMILES string of the molecule is CCNC(=O)c1cccc(NC(=O)c2ccccc2Cl)c1. The molecule has 0 bridgehead atoms. The van der Waals surface area contributed by atoms with Crippen LogP contribution in [0.15, 0.2) is 48.5 Å². The fourth-order valence-corrected chi connectivity index (χ4v) is 2.07. The second-order valence-corrected chi connectivity index (χ2v) is 4.78. The molecule has 0 fully saturated rings. The molecule has 21 heavy (non-hydrogen) atoms. The maximum absolute atomic E-state index is 12.1. The van der Waals surface area contributed by atoms with Crippen LogP contribution in [0.1, 0.15) is 27.6 Å². The molecule has 0 heterocycles. The van der Waals surface area contributed by atoms with Crippen molar-refractivity contribution in [3.8, 4) is 0 Å². The van der Waals surface area contributed by atoms with Crippen molar-refractivity contribution in [2.75, 3.05) is 11.9 Å². The second kappa shape index (κ2) is 6.90. The molecule has 0 radical (unpaired) electrons. The van der Waals surface area contributed by atoms with Gasteiger partial charge in [0.25, 0.3) is 11.8 Å². The summed E-state index contributed by atoms with van der Waals surface area (Å²) >= 11 is 5.98. The number of halogens is 1. The lowest BCUT2D eigenvalue weighted by molar-refractivity contribution is 0.0954. The number of anilines is 1. The van der Waals surface area contributed by atoms with Gasteiger partial charge in [0.1, 0.15) is 0 Å². The summed E-state index contributed by atoms with van der Waals surface area (Å²) in [6.07, 6.45) is 0. The minimum atomic E-state index is -0.311. The van der Waals surface area contributed by atoms with E-state index in [1.807, 2.05) is 6.92 Å². The maximum atomic E-state index is 12.1. The number of carbonyl (C=O) groups excluding carboxylic acids is 2. The molecule has 0 aliphatic carbocycles. The molecule has 2 aromatic rings. The molecule has 0 aliphatic heterocycles. The zero-order chi connectivity index (χ0) is 15.2. The van der Waals surface area contributed by atoms with Crippen LogP contribution >= 0.6 is 11.6 Å². The first-order chi connectivity index (χ1) is 10.1. The summed E-state index contributed by atoms with van der Waals surface area (Å²) in [4.78, 5) is 23.9. The van der Waals surface area contributed by atoms with Crippen LogP contribution in [0.5, 0.6) is 0 Å². The molecule has 0 aromatic heterocycles. The van der Waals surface area contributed by atoms with Gasteiger partial charge in [0.2, 0.25) is 0 Å². The van der Waals surface area contributed by atoms with Crippen molar-refractivity contribution >= 4 is 29.1 Å². The summed E-state index contributed by atoms with van der Waals surface area (Å²) in [6.45, 7) is 2.40. The van der Waals surface area contributed by atoms with Crippen LogP contribution in [0.4, 0.5) is 5.69 Å². The Morgan fingerprint density at radius 1 is 1.05 bits per heavy atom. The van der Waals surface area contributed by atoms with E-state index in [0.717, 1.165) is 0 Å². The standard InChI is InChI=1S/C16H15ClN2O2/c1-2-18-15(20)11-6-5-7-12(10-11)19-16(21)13-8-3-4-9-14(13)17/h3-10H,2H2,1H3,(H,18,20)(H,19,21). The van der Waals surface area contributed by atoms with Gasteiger partial charge in [-0.3, -0.25) is 9.59 Å². The molecular formula is C16H15ClN2O2. The van der Waals surface area contributed by atoms with Crippen LogP contribution in [-0.2, 0) is 0 Å². The second-order valence-electron chi connectivity index (χ2n) is 4.37. The first-order valence-corrected chi connectivity index (χ1v) is 6.93. The smallest absolute Gasteiger partial charge is 0.257 e. The van der Waals surface area contributed by atoms with Gasteiger partial charge in [-0.05, 0) is 37.3 Å². The van der Waals surface area contributed by atoms with Crippen LogP contribution in [0.2, 0.25) is 5.02 Å². The van der Waals surface area contributed by atoms with Crippen molar-refractivity contribution < 1.29 is 9.59 Å². The number of nitrogens with one attached hydrogen (secondary N) is 2. The molecule has 0 saturated carbocycles. The van der Waals surface area contributed by atoms with Gasteiger partial charge in [-0.15, -0.1) is 0 Å². The Balaban J connectivity index is 2.17. The molecule has 5 heteroatoms.